The van der Waals surface area contributed by atoms with Gasteiger partial charge in [0.15, 0.2) is 0 Å². The molecule has 1 aromatic carbocycles. The van der Waals surface area contributed by atoms with Gasteiger partial charge in [0.05, 0.1) is 0 Å². The van der Waals surface area contributed by atoms with E-state index in [1.807, 2.05) is 11.8 Å². The Kier molecular flexibility index (Phi) is 7.12. The lowest BCUT2D eigenvalue weighted by Gasteiger charge is -2.37. The van der Waals surface area contributed by atoms with Gasteiger partial charge in [-0.1, -0.05) is 58.6 Å². The van der Waals surface area contributed by atoms with Crippen LogP contribution < -0.4 is 5.32 Å². The third-order valence-electron chi connectivity index (χ3n) is 4.89. The van der Waals surface area contributed by atoms with Crippen LogP contribution in [0.5, 0.6) is 0 Å². The molecule has 118 valence electrons. The summed E-state index contributed by atoms with van der Waals surface area (Å²) in [6.07, 6.45) is 6.98. The molecule has 0 radical (unpaired) electrons. The maximum Gasteiger partial charge on any atom is 0.0351 e. The summed E-state index contributed by atoms with van der Waals surface area (Å²) in [6.45, 7) is 7.88. The van der Waals surface area contributed by atoms with Crippen LogP contribution in [-0.2, 0) is 0 Å². The number of rotatable bonds is 7. The summed E-state index contributed by atoms with van der Waals surface area (Å²) in [5.74, 6) is 2.86. The predicted octanol–water partition coefficient (Wildman–Crippen LogP) is 5.67. The molecule has 0 amide bonds. The Hall–Kier alpha value is -0.470. The third kappa shape index (κ3) is 4.50. The zero-order valence-corrected chi connectivity index (χ0v) is 14.7. The van der Waals surface area contributed by atoms with Crippen molar-refractivity contribution in [2.45, 2.75) is 63.8 Å². The standard InChI is InChI=1S/C19H31NS/c1-4-15-9-7-8-10-18(15)19(20-5-2)16-11-13-17(14-12-16)21-6-3/h11-15,18-20H,4-10H2,1-3H3. The normalized spacial score (nSPS) is 24.0. The molecule has 0 aliphatic heterocycles. The van der Waals surface area contributed by atoms with Crippen molar-refractivity contribution < 1.29 is 0 Å². The molecule has 0 bridgehead atoms. The van der Waals surface area contributed by atoms with E-state index < -0.39 is 0 Å². The fourth-order valence-corrected chi connectivity index (χ4v) is 4.52. The van der Waals surface area contributed by atoms with Crippen molar-refractivity contribution in [3.8, 4) is 0 Å². The van der Waals surface area contributed by atoms with Gasteiger partial charge < -0.3 is 5.32 Å². The van der Waals surface area contributed by atoms with Crippen LogP contribution in [0.3, 0.4) is 0 Å². The lowest BCUT2D eigenvalue weighted by molar-refractivity contribution is 0.176. The predicted molar refractivity (Wildman–Crippen MR) is 95.0 cm³/mol. The maximum atomic E-state index is 3.78. The number of thioether (sulfide) groups is 1. The average Bonchev–Trinajstić information content (AvgIpc) is 2.54. The van der Waals surface area contributed by atoms with Gasteiger partial charge in [-0.05, 0) is 48.3 Å². The summed E-state index contributed by atoms with van der Waals surface area (Å²) in [6, 6.07) is 9.86. The highest BCUT2D eigenvalue weighted by atomic mass is 32.2. The van der Waals surface area contributed by atoms with E-state index in [9.17, 15) is 0 Å². The Balaban J connectivity index is 2.16. The van der Waals surface area contributed by atoms with E-state index >= 15 is 0 Å². The number of nitrogens with one attached hydrogen (secondary N) is 1. The lowest BCUT2D eigenvalue weighted by atomic mass is 9.72. The molecule has 2 rings (SSSR count). The summed E-state index contributed by atoms with van der Waals surface area (Å²) in [5, 5.41) is 3.78. The van der Waals surface area contributed by atoms with Crippen LogP contribution in [0.25, 0.3) is 0 Å². The zero-order valence-electron chi connectivity index (χ0n) is 13.9. The molecule has 0 heterocycles. The molecular formula is C19H31NS. The van der Waals surface area contributed by atoms with Gasteiger partial charge in [0.25, 0.3) is 0 Å². The summed E-state index contributed by atoms with van der Waals surface area (Å²) in [4.78, 5) is 1.40. The Labute approximate surface area is 135 Å². The third-order valence-corrected chi connectivity index (χ3v) is 5.79. The van der Waals surface area contributed by atoms with Gasteiger partial charge in [0.1, 0.15) is 0 Å². The molecule has 1 nitrogen and oxygen atoms in total. The van der Waals surface area contributed by atoms with E-state index in [1.165, 1.54) is 42.6 Å². The number of hydrogen-bond donors (Lipinski definition) is 1. The largest absolute Gasteiger partial charge is 0.310 e. The van der Waals surface area contributed by atoms with Gasteiger partial charge in [-0.3, -0.25) is 0 Å². The molecule has 2 heteroatoms. The number of hydrogen-bond acceptors (Lipinski definition) is 2. The molecule has 3 unspecified atom stereocenters. The van der Waals surface area contributed by atoms with Crippen molar-refractivity contribution in [3.63, 3.8) is 0 Å². The van der Waals surface area contributed by atoms with E-state index in [2.05, 4.69) is 50.4 Å². The monoisotopic (exact) mass is 305 g/mol. The van der Waals surface area contributed by atoms with Crippen molar-refractivity contribution in [1.29, 1.82) is 0 Å². The van der Waals surface area contributed by atoms with Gasteiger partial charge >= 0.3 is 0 Å². The Bertz CT molecular complexity index is 401. The highest BCUT2D eigenvalue weighted by Crippen LogP contribution is 2.40. The second-order valence-electron chi connectivity index (χ2n) is 6.15. The van der Waals surface area contributed by atoms with Crippen LogP contribution in [0.2, 0.25) is 0 Å². The van der Waals surface area contributed by atoms with Crippen LogP contribution >= 0.6 is 11.8 Å². The van der Waals surface area contributed by atoms with Crippen LogP contribution in [-0.4, -0.2) is 12.3 Å². The lowest BCUT2D eigenvalue weighted by Crippen LogP contribution is -2.34. The minimum absolute atomic E-state index is 0.543. The van der Waals surface area contributed by atoms with Gasteiger partial charge in [-0.2, -0.15) is 0 Å². The van der Waals surface area contributed by atoms with Gasteiger partial charge in [-0.25, -0.2) is 0 Å². The average molecular weight is 306 g/mol. The van der Waals surface area contributed by atoms with Gasteiger partial charge in [0.2, 0.25) is 0 Å². The Morgan fingerprint density at radius 1 is 1.10 bits per heavy atom. The quantitative estimate of drug-likeness (QED) is 0.652. The first-order valence-corrected chi connectivity index (χ1v) is 9.74. The van der Waals surface area contributed by atoms with E-state index in [4.69, 9.17) is 0 Å². The van der Waals surface area contributed by atoms with E-state index in [1.54, 1.807) is 0 Å². The second-order valence-corrected chi connectivity index (χ2v) is 7.49. The summed E-state index contributed by atoms with van der Waals surface area (Å²) in [7, 11) is 0. The highest BCUT2D eigenvalue weighted by Gasteiger charge is 2.31. The van der Waals surface area contributed by atoms with Crippen LogP contribution in [0.4, 0.5) is 0 Å². The first-order chi connectivity index (χ1) is 10.3. The topological polar surface area (TPSA) is 12.0 Å². The summed E-state index contributed by atoms with van der Waals surface area (Å²) >= 11 is 1.93. The minimum atomic E-state index is 0.543. The molecule has 1 N–H and O–H groups in total. The second kappa shape index (κ2) is 8.85. The van der Waals surface area contributed by atoms with Crippen molar-refractivity contribution in [1.82, 2.24) is 5.32 Å². The van der Waals surface area contributed by atoms with Crippen LogP contribution in [0, 0.1) is 11.8 Å². The Morgan fingerprint density at radius 3 is 2.43 bits per heavy atom. The zero-order chi connectivity index (χ0) is 15.1. The molecule has 1 fully saturated rings. The fraction of sp³-hybridized carbons (Fsp3) is 0.684. The minimum Gasteiger partial charge on any atom is -0.310 e. The van der Waals surface area contributed by atoms with Crippen molar-refractivity contribution >= 4 is 11.8 Å². The van der Waals surface area contributed by atoms with Crippen molar-refractivity contribution in [2.24, 2.45) is 11.8 Å². The molecule has 21 heavy (non-hydrogen) atoms. The molecule has 0 aromatic heterocycles. The molecule has 1 aliphatic carbocycles. The molecule has 1 aromatic rings. The van der Waals surface area contributed by atoms with Gasteiger partial charge in [0, 0.05) is 10.9 Å². The molecule has 0 saturated heterocycles. The van der Waals surface area contributed by atoms with E-state index in [0.717, 1.165) is 24.1 Å². The van der Waals surface area contributed by atoms with Crippen molar-refractivity contribution in [3.05, 3.63) is 29.8 Å². The smallest absolute Gasteiger partial charge is 0.0351 e. The summed E-state index contributed by atoms with van der Waals surface area (Å²) in [5.41, 5.74) is 1.49. The molecule has 1 saturated carbocycles. The SMILES string of the molecule is CCNC(c1ccc(SCC)cc1)C1CCCCC1CC. The molecule has 0 spiro atoms. The fourth-order valence-electron chi connectivity index (χ4n) is 3.86. The highest BCUT2D eigenvalue weighted by molar-refractivity contribution is 7.99. The molecule has 1 aliphatic rings. The van der Waals surface area contributed by atoms with Crippen LogP contribution in [0.1, 0.15) is 64.5 Å². The maximum absolute atomic E-state index is 3.78. The molecular weight excluding hydrogens is 274 g/mol. The van der Waals surface area contributed by atoms with Crippen molar-refractivity contribution in [2.75, 3.05) is 12.3 Å². The Morgan fingerprint density at radius 2 is 1.81 bits per heavy atom. The first-order valence-electron chi connectivity index (χ1n) is 8.76. The summed E-state index contributed by atoms with van der Waals surface area (Å²) < 4.78 is 0. The molecule has 3 atom stereocenters. The van der Waals surface area contributed by atoms with Crippen LogP contribution in [0.15, 0.2) is 29.2 Å². The number of benzene rings is 1. The van der Waals surface area contributed by atoms with Gasteiger partial charge in [-0.15, -0.1) is 11.8 Å². The first kappa shape index (κ1) is 16.9. The van der Waals surface area contributed by atoms with E-state index in [0.29, 0.717) is 6.04 Å². The van der Waals surface area contributed by atoms with E-state index in [-0.39, 0.29) is 0 Å².